The molecule has 2 aromatic rings. The van der Waals surface area contributed by atoms with E-state index in [1.54, 1.807) is 0 Å². The lowest BCUT2D eigenvalue weighted by molar-refractivity contribution is -0.383. The molecule has 2 aliphatic heterocycles. The highest BCUT2D eigenvalue weighted by molar-refractivity contribution is 5.70. The third-order valence-electron chi connectivity index (χ3n) is 5.32. The largest absolute Gasteiger partial charge is 0.454 e. The standard InChI is InChI=1S/C20H26N6O4/c1-2-3-6-21-19-18(26(27)28)20(23-13-22-19)25-9-7-24(8-10-25)12-15-4-5-16-17(11-15)30-14-29-16/h4-5,11,13H,2-3,6-10,12,14H2,1H3,(H,21,22,23). The molecular formula is C20H26N6O4. The topological polar surface area (TPSA) is 106 Å². The summed E-state index contributed by atoms with van der Waals surface area (Å²) in [5, 5.41) is 14.8. The number of ether oxygens (including phenoxy) is 2. The van der Waals surface area contributed by atoms with E-state index in [-0.39, 0.29) is 17.4 Å². The van der Waals surface area contributed by atoms with Crippen LogP contribution in [0.4, 0.5) is 17.3 Å². The zero-order valence-corrected chi connectivity index (χ0v) is 17.0. The molecule has 0 saturated carbocycles. The molecule has 0 bridgehead atoms. The van der Waals surface area contributed by atoms with Crippen LogP contribution in [0, 0.1) is 10.1 Å². The fourth-order valence-electron chi connectivity index (χ4n) is 3.70. The van der Waals surface area contributed by atoms with Crippen molar-refractivity contribution in [1.29, 1.82) is 0 Å². The van der Waals surface area contributed by atoms with Gasteiger partial charge in [-0.15, -0.1) is 0 Å². The number of anilines is 2. The van der Waals surface area contributed by atoms with Gasteiger partial charge in [0.05, 0.1) is 4.92 Å². The van der Waals surface area contributed by atoms with Gasteiger partial charge >= 0.3 is 5.69 Å². The maximum Gasteiger partial charge on any atom is 0.353 e. The molecule has 1 saturated heterocycles. The third kappa shape index (κ3) is 4.38. The maximum absolute atomic E-state index is 11.7. The van der Waals surface area contributed by atoms with Crippen molar-refractivity contribution in [1.82, 2.24) is 14.9 Å². The first kappa shape index (κ1) is 20.1. The third-order valence-corrected chi connectivity index (χ3v) is 5.32. The number of unbranched alkanes of at least 4 members (excludes halogenated alkanes) is 1. The summed E-state index contributed by atoms with van der Waals surface area (Å²) in [6, 6.07) is 5.99. The average molecular weight is 414 g/mol. The number of nitro groups is 1. The minimum atomic E-state index is -0.386. The summed E-state index contributed by atoms with van der Waals surface area (Å²) >= 11 is 0. The lowest BCUT2D eigenvalue weighted by Gasteiger charge is -2.35. The number of benzene rings is 1. The summed E-state index contributed by atoms with van der Waals surface area (Å²) in [4.78, 5) is 24.0. The van der Waals surface area contributed by atoms with Gasteiger partial charge in [-0.25, -0.2) is 9.97 Å². The van der Waals surface area contributed by atoms with E-state index in [0.717, 1.165) is 49.5 Å². The van der Waals surface area contributed by atoms with Crippen molar-refractivity contribution in [3.8, 4) is 11.5 Å². The van der Waals surface area contributed by atoms with E-state index in [1.165, 1.54) is 6.33 Å². The molecule has 160 valence electrons. The normalized spacial score (nSPS) is 16.0. The van der Waals surface area contributed by atoms with E-state index in [2.05, 4.69) is 27.1 Å². The van der Waals surface area contributed by atoms with Crippen molar-refractivity contribution >= 4 is 17.3 Å². The molecule has 0 spiro atoms. The second-order valence-electron chi connectivity index (χ2n) is 7.38. The zero-order valence-electron chi connectivity index (χ0n) is 17.0. The predicted molar refractivity (Wildman–Crippen MR) is 112 cm³/mol. The lowest BCUT2D eigenvalue weighted by Crippen LogP contribution is -2.46. The van der Waals surface area contributed by atoms with Gasteiger partial charge in [0.25, 0.3) is 0 Å². The molecule has 30 heavy (non-hydrogen) atoms. The first-order valence-corrected chi connectivity index (χ1v) is 10.2. The van der Waals surface area contributed by atoms with Crippen molar-refractivity contribution in [2.45, 2.75) is 26.3 Å². The fraction of sp³-hybridized carbons (Fsp3) is 0.500. The molecule has 3 heterocycles. The predicted octanol–water partition coefficient (Wildman–Crippen LogP) is 2.65. The summed E-state index contributed by atoms with van der Waals surface area (Å²) < 4.78 is 10.8. The second-order valence-corrected chi connectivity index (χ2v) is 7.38. The molecule has 2 aliphatic rings. The van der Waals surface area contributed by atoms with Crippen molar-refractivity contribution in [3.05, 3.63) is 40.2 Å². The number of hydrogen-bond acceptors (Lipinski definition) is 9. The van der Waals surface area contributed by atoms with Crippen LogP contribution in [-0.4, -0.2) is 59.3 Å². The minimum Gasteiger partial charge on any atom is -0.454 e. The molecule has 0 amide bonds. The van der Waals surface area contributed by atoms with E-state index < -0.39 is 0 Å². The quantitative estimate of drug-likeness (QED) is 0.396. The average Bonchev–Trinajstić information content (AvgIpc) is 3.22. The van der Waals surface area contributed by atoms with Crippen LogP contribution in [0.2, 0.25) is 0 Å². The van der Waals surface area contributed by atoms with Crippen LogP contribution in [0.3, 0.4) is 0 Å². The molecule has 0 unspecified atom stereocenters. The fourth-order valence-corrected chi connectivity index (χ4v) is 3.70. The Morgan fingerprint density at radius 3 is 2.73 bits per heavy atom. The lowest BCUT2D eigenvalue weighted by atomic mass is 10.1. The molecule has 1 aromatic heterocycles. The van der Waals surface area contributed by atoms with Gasteiger partial charge in [0.15, 0.2) is 11.5 Å². The maximum atomic E-state index is 11.7. The SMILES string of the molecule is CCCCNc1ncnc(N2CCN(Cc3ccc4c(c3)OCO4)CC2)c1[N+](=O)[O-]. The van der Waals surface area contributed by atoms with E-state index in [1.807, 2.05) is 23.1 Å². The van der Waals surface area contributed by atoms with Crippen LogP contribution in [0.1, 0.15) is 25.3 Å². The number of aromatic nitrogens is 2. The number of hydrogen-bond donors (Lipinski definition) is 1. The Hall–Kier alpha value is -3.14. The van der Waals surface area contributed by atoms with Crippen molar-refractivity contribution < 1.29 is 14.4 Å². The Labute approximate surface area is 175 Å². The van der Waals surface area contributed by atoms with Crippen molar-refractivity contribution in [3.63, 3.8) is 0 Å². The molecule has 1 fully saturated rings. The van der Waals surface area contributed by atoms with Gasteiger partial charge in [-0.05, 0) is 24.1 Å². The van der Waals surface area contributed by atoms with E-state index in [9.17, 15) is 10.1 Å². The van der Waals surface area contributed by atoms with Gasteiger partial charge in [0, 0.05) is 39.3 Å². The van der Waals surface area contributed by atoms with Crippen molar-refractivity contribution in [2.75, 3.05) is 49.7 Å². The number of fused-ring (bicyclic) bond motifs is 1. The molecular weight excluding hydrogens is 388 g/mol. The molecule has 0 radical (unpaired) electrons. The smallest absolute Gasteiger partial charge is 0.353 e. The number of rotatable bonds is 8. The van der Waals surface area contributed by atoms with E-state index in [0.29, 0.717) is 31.3 Å². The van der Waals surface area contributed by atoms with Crippen LogP contribution in [0.15, 0.2) is 24.5 Å². The molecule has 1 aromatic carbocycles. The summed E-state index contributed by atoms with van der Waals surface area (Å²) in [6.45, 7) is 6.68. The summed E-state index contributed by atoms with van der Waals surface area (Å²) in [6.07, 6.45) is 3.33. The first-order valence-electron chi connectivity index (χ1n) is 10.2. The highest BCUT2D eigenvalue weighted by atomic mass is 16.7. The van der Waals surface area contributed by atoms with Gasteiger partial charge in [0.1, 0.15) is 6.33 Å². The second kappa shape index (κ2) is 9.12. The number of nitrogens with zero attached hydrogens (tertiary/aromatic N) is 5. The van der Waals surface area contributed by atoms with Crippen LogP contribution in [0.5, 0.6) is 11.5 Å². The Morgan fingerprint density at radius 1 is 1.17 bits per heavy atom. The van der Waals surface area contributed by atoms with E-state index >= 15 is 0 Å². The Morgan fingerprint density at radius 2 is 1.97 bits per heavy atom. The summed E-state index contributed by atoms with van der Waals surface area (Å²) in [7, 11) is 0. The molecule has 0 atom stereocenters. The van der Waals surface area contributed by atoms with Gasteiger partial charge in [0.2, 0.25) is 18.4 Å². The number of nitrogens with one attached hydrogen (secondary N) is 1. The van der Waals surface area contributed by atoms with Gasteiger partial charge in [-0.3, -0.25) is 15.0 Å². The van der Waals surface area contributed by atoms with Crippen LogP contribution in [0.25, 0.3) is 0 Å². The summed E-state index contributed by atoms with van der Waals surface area (Å²) in [5.74, 6) is 2.24. The monoisotopic (exact) mass is 414 g/mol. The first-order chi connectivity index (χ1) is 14.7. The number of piperazine rings is 1. The van der Waals surface area contributed by atoms with Crippen LogP contribution >= 0.6 is 0 Å². The highest BCUT2D eigenvalue weighted by Crippen LogP contribution is 2.34. The molecule has 10 heteroatoms. The Kier molecular flexibility index (Phi) is 6.12. The Bertz CT molecular complexity index is 901. The van der Waals surface area contributed by atoms with Gasteiger partial charge in [-0.2, -0.15) is 0 Å². The zero-order chi connectivity index (χ0) is 20.9. The molecule has 0 aliphatic carbocycles. The van der Waals surface area contributed by atoms with Gasteiger partial charge in [-0.1, -0.05) is 19.4 Å². The molecule has 4 rings (SSSR count). The Balaban J connectivity index is 1.41. The van der Waals surface area contributed by atoms with Crippen molar-refractivity contribution in [2.24, 2.45) is 0 Å². The van der Waals surface area contributed by atoms with Crippen LogP contribution < -0.4 is 19.7 Å². The van der Waals surface area contributed by atoms with E-state index in [4.69, 9.17) is 9.47 Å². The van der Waals surface area contributed by atoms with Gasteiger partial charge < -0.3 is 19.7 Å². The highest BCUT2D eigenvalue weighted by Gasteiger charge is 2.29. The van der Waals surface area contributed by atoms with Crippen LogP contribution in [-0.2, 0) is 6.54 Å². The summed E-state index contributed by atoms with van der Waals surface area (Å²) in [5.41, 5.74) is 1.11. The molecule has 10 nitrogen and oxygen atoms in total. The molecule has 1 N–H and O–H groups in total. The minimum absolute atomic E-state index is 0.0437.